The van der Waals surface area contributed by atoms with Gasteiger partial charge in [-0.3, -0.25) is 9.59 Å². The van der Waals surface area contributed by atoms with Crippen molar-refractivity contribution in [2.75, 3.05) is 38.7 Å². The van der Waals surface area contributed by atoms with Crippen molar-refractivity contribution in [1.82, 2.24) is 9.48 Å². The molecule has 7 nitrogen and oxygen atoms in total. The number of hydrogen-bond donors (Lipinski definition) is 0. The Balaban J connectivity index is 1.55. The van der Waals surface area contributed by atoms with Gasteiger partial charge in [-0.05, 0) is 76.3 Å². The minimum Gasteiger partial charge on any atom is -0.469 e. The van der Waals surface area contributed by atoms with E-state index < -0.39 is 46.3 Å². The second-order valence-electron chi connectivity index (χ2n) is 16.3. The molecule has 5 aliphatic heterocycles. The lowest BCUT2D eigenvalue weighted by Gasteiger charge is -2.47. The van der Waals surface area contributed by atoms with E-state index in [-0.39, 0.29) is 29.6 Å². The lowest BCUT2D eigenvalue weighted by atomic mass is 9.78. The summed E-state index contributed by atoms with van der Waals surface area (Å²) in [6.07, 6.45) is 6.95. The van der Waals surface area contributed by atoms with E-state index in [9.17, 15) is 9.59 Å². The maximum Gasteiger partial charge on any atom is 0.307 e. The number of allylic oxidation sites excluding steroid dienone is 2. The molecule has 1 amide bonds. The van der Waals surface area contributed by atoms with Crippen LogP contribution in [0.4, 0.5) is 23.2 Å². The van der Waals surface area contributed by atoms with Crippen molar-refractivity contribution in [1.29, 1.82) is 0 Å². The molecule has 54 heavy (non-hydrogen) atoms. The lowest BCUT2D eigenvalue weighted by Crippen LogP contribution is -2.53. The number of methoxy groups -OCH3 is 1. The summed E-state index contributed by atoms with van der Waals surface area (Å²) in [6, 6.07) is 3.73. The van der Waals surface area contributed by atoms with Crippen molar-refractivity contribution in [3.8, 4) is 11.5 Å². The first kappa shape index (κ1) is 36.1. The van der Waals surface area contributed by atoms with Crippen molar-refractivity contribution >= 4 is 34.3 Å². The number of halogens is 4. The first-order chi connectivity index (χ1) is 25.5. The van der Waals surface area contributed by atoms with Crippen LogP contribution in [0.5, 0.6) is 11.5 Å². The van der Waals surface area contributed by atoms with Crippen LogP contribution >= 0.6 is 0 Å². The lowest BCUT2D eigenvalue weighted by molar-refractivity contribution is -0.140. The van der Waals surface area contributed by atoms with Gasteiger partial charge in [0.25, 0.3) is 5.91 Å². The maximum absolute atomic E-state index is 16.9. The number of carbonyl (C=O) groups excluding carboxylic acids is 2. The number of amides is 1. The van der Waals surface area contributed by atoms with Gasteiger partial charge in [0.2, 0.25) is 5.36 Å². The Morgan fingerprint density at radius 2 is 1.57 bits per heavy atom. The van der Waals surface area contributed by atoms with Crippen LogP contribution in [0.1, 0.15) is 105 Å². The fourth-order valence-electron chi connectivity index (χ4n) is 9.52. The molecule has 5 heterocycles. The van der Waals surface area contributed by atoms with Crippen LogP contribution in [-0.4, -0.2) is 61.6 Å². The summed E-state index contributed by atoms with van der Waals surface area (Å²) in [5.41, 5.74) is 4.56. The minimum atomic E-state index is -2.09. The quantitative estimate of drug-likeness (QED) is 0.0740. The second-order valence-corrected chi connectivity index (χ2v) is 16.3. The van der Waals surface area contributed by atoms with Gasteiger partial charge in [0.15, 0.2) is 28.8 Å². The zero-order valence-electron chi connectivity index (χ0n) is 32.0. The Bertz CT molecular complexity index is 2450. The molecule has 0 spiro atoms. The van der Waals surface area contributed by atoms with E-state index in [1.54, 1.807) is 0 Å². The van der Waals surface area contributed by atoms with Crippen molar-refractivity contribution < 1.29 is 36.6 Å². The molecule has 0 aliphatic carbocycles. The van der Waals surface area contributed by atoms with E-state index in [0.29, 0.717) is 35.1 Å². The molecule has 0 bridgehead atoms. The first-order valence-electron chi connectivity index (χ1n) is 18.6. The number of nitrogens with zero attached hydrogens (tertiary/aromatic N) is 3. The zero-order chi connectivity index (χ0) is 38.8. The van der Waals surface area contributed by atoms with Crippen molar-refractivity contribution in [2.24, 2.45) is 0 Å². The zero-order valence-corrected chi connectivity index (χ0v) is 32.0. The molecule has 282 valence electrons. The second kappa shape index (κ2) is 12.3. The largest absolute Gasteiger partial charge is 0.469 e. The summed E-state index contributed by atoms with van der Waals surface area (Å²) in [5.74, 6) is -8.49. The summed E-state index contributed by atoms with van der Waals surface area (Å²) in [5, 5.41) is 1.36. The van der Waals surface area contributed by atoms with Crippen LogP contribution in [-0.2, 0) is 22.4 Å². The maximum atomic E-state index is 16.9. The van der Waals surface area contributed by atoms with Gasteiger partial charge in [-0.2, -0.15) is 0 Å². The summed E-state index contributed by atoms with van der Waals surface area (Å²) in [4.78, 5) is 29.6. The number of ether oxygens (including phenoxy) is 2. The number of benzene rings is 3. The average Bonchev–Trinajstić information content (AvgIpc) is 3.13. The van der Waals surface area contributed by atoms with Gasteiger partial charge in [-0.25, -0.2) is 22.1 Å². The highest BCUT2D eigenvalue weighted by atomic mass is 19.2. The molecule has 0 aromatic heterocycles. The van der Waals surface area contributed by atoms with E-state index in [2.05, 4.69) is 49.3 Å². The summed E-state index contributed by atoms with van der Waals surface area (Å²) in [6.45, 7) is 14.0. The molecule has 0 radical (unpaired) electrons. The van der Waals surface area contributed by atoms with Crippen LogP contribution in [0.3, 0.4) is 0 Å². The highest BCUT2D eigenvalue weighted by Gasteiger charge is 2.43. The normalized spacial score (nSPS) is 18.4. The molecule has 0 unspecified atom stereocenters. The summed E-state index contributed by atoms with van der Waals surface area (Å²) >= 11 is 0. The third-order valence-electron chi connectivity index (χ3n) is 11.9. The third-order valence-corrected chi connectivity index (χ3v) is 11.9. The Morgan fingerprint density at radius 3 is 2.30 bits per heavy atom. The fraction of sp³-hybridized carbons (Fsp3) is 0.419. The molecule has 5 aliphatic rings. The van der Waals surface area contributed by atoms with E-state index in [4.69, 9.17) is 9.47 Å². The molecule has 11 heteroatoms. The van der Waals surface area contributed by atoms with Crippen LogP contribution in [0.15, 0.2) is 24.3 Å². The molecule has 0 atom stereocenters. The van der Waals surface area contributed by atoms with Crippen molar-refractivity contribution in [2.45, 2.75) is 84.7 Å². The first-order valence-corrected chi connectivity index (χ1v) is 18.6. The molecular formula is C43H44F4N3O4+. The molecule has 3 aromatic carbocycles. The number of fused-ring (bicyclic) bond motifs is 4. The Labute approximate surface area is 311 Å². The van der Waals surface area contributed by atoms with Gasteiger partial charge in [-0.15, -0.1) is 0 Å². The van der Waals surface area contributed by atoms with Crippen LogP contribution < -0.4 is 24.8 Å². The van der Waals surface area contributed by atoms with Gasteiger partial charge in [0, 0.05) is 79.0 Å². The van der Waals surface area contributed by atoms with Gasteiger partial charge >= 0.3 is 5.97 Å². The number of hydrogen-bond acceptors (Lipinski definition) is 5. The van der Waals surface area contributed by atoms with E-state index >= 15 is 17.6 Å². The average molecular weight is 743 g/mol. The van der Waals surface area contributed by atoms with E-state index in [0.717, 1.165) is 75.3 Å². The highest BCUT2D eigenvalue weighted by molar-refractivity contribution is 6.04. The van der Waals surface area contributed by atoms with Crippen molar-refractivity contribution in [3.63, 3.8) is 0 Å². The number of esters is 1. The standard InChI is InChI=1S/C43H44F4N3O4/c1-21-19-42(3,4)49-14-9-11-23-37(49)25(21)17-27-30(31-32(34(45)36(47)35(46)33(31)44)41(52)48(7)16-13-29(51)53-8)28-18-26-22(2)20-43(5,6)50-15-10-12-24(38(26)50)40(28)54-39(23)27/h17-20H,9-16H2,1-8H3/q+1. The van der Waals surface area contributed by atoms with Crippen LogP contribution in [0, 0.1) is 23.3 Å². The number of carbonyl (C=O) groups is 2. The predicted octanol–water partition coefficient (Wildman–Crippen LogP) is 6.81. The molecule has 0 N–H and O–H groups in total. The molecule has 0 saturated heterocycles. The highest BCUT2D eigenvalue weighted by Crippen LogP contribution is 2.53. The molecule has 0 fully saturated rings. The van der Waals surface area contributed by atoms with Gasteiger partial charge < -0.3 is 19.3 Å². The van der Waals surface area contributed by atoms with Gasteiger partial charge in [0.1, 0.15) is 18.0 Å². The van der Waals surface area contributed by atoms with Crippen molar-refractivity contribution in [3.05, 3.63) is 97.1 Å². The smallest absolute Gasteiger partial charge is 0.307 e. The predicted molar refractivity (Wildman–Crippen MR) is 199 cm³/mol. The SMILES string of the molecule is COC(=O)CCN(C)C(=O)c1c(F)c(F)c(F)c(F)c1C1=c2cc3c4c(c2Oc2c1cc1c5c2CCCN5C(C)(C)C=C1C)CCC[N+]=4C(C)(C)C=C3C. The third kappa shape index (κ3) is 5.09. The molecular weight excluding hydrogens is 698 g/mol. The molecule has 8 rings (SSSR count). The number of rotatable bonds is 5. The summed E-state index contributed by atoms with van der Waals surface area (Å²) < 4.78 is 78.4. The fourth-order valence-corrected chi connectivity index (χ4v) is 9.52. The monoisotopic (exact) mass is 742 g/mol. The Hall–Kier alpha value is -4.93. The molecule has 3 aromatic rings. The van der Waals surface area contributed by atoms with Crippen LogP contribution in [0.25, 0.3) is 16.7 Å². The topological polar surface area (TPSA) is 62.1 Å². The van der Waals surface area contributed by atoms with E-state index in [1.807, 2.05) is 26.0 Å². The van der Waals surface area contributed by atoms with Crippen LogP contribution in [0.2, 0.25) is 0 Å². The Morgan fingerprint density at radius 1 is 0.889 bits per heavy atom. The van der Waals surface area contributed by atoms with Gasteiger partial charge in [0.05, 0.1) is 35.9 Å². The molecule has 0 saturated carbocycles. The Kier molecular flexibility index (Phi) is 8.21. The van der Waals surface area contributed by atoms with Gasteiger partial charge in [-0.1, -0.05) is 6.08 Å². The number of anilines is 1. The minimum absolute atomic E-state index is 0.0499. The van der Waals surface area contributed by atoms with E-state index in [1.165, 1.54) is 14.2 Å². The summed E-state index contributed by atoms with van der Waals surface area (Å²) in [7, 11) is 2.48.